The van der Waals surface area contributed by atoms with E-state index in [1.165, 1.54) is 5.69 Å². The van der Waals surface area contributed by atoms with Crippen LogP contribution in [0.15, 0.2) is 53.4 Å². The van der Waals surface area contributed by atoms with Crippen LogP contribution in [-0.4, -0.2) is 56.9 Å². The summed E-state index contributed by atoms with van der Waals surface area (Å²) < 4.78 is 5.30. The van der Waals surface area contributed by atoms with Crippen LogP contribution >= 0.6 is 11.8 Å². The fourth-order valence-electron chi connectivity index (χ4n) is 3.11. The maximum Gasteiger partial charge on any atom is 0.238 e. The molecule has 0 saturated carbocycles. The van der Waals surface area contributed by atoms with Gasteiger partial charge in [0, 0.05) is 42.8 Å². The van der Waals surface area contributed by atoms with Gasteiger partial charge in [0.15, 0.2) is 0 Å². The lowest BCUT2D eigenvalue weighted by atomic mass is 10.2. The molecule has 1 heterocycles. The third-order valence-electron chi connectivity index (χ3n) is 4.54. The fraction of sp³-hybridized carbons (Fsp3) is 0.350. The highest BCUT2D eigenvalue weighted by molar-refractivity contribution is 7.98. The van der Waals surface area contributed by atoms with Gasteiger partial charge in [-0.1, -0.05) is 18.2 Å². The Bertz CT molecular complexity index is 745. The van der Waals surface area contributed by atoms with Crippen LogP contribution < -0.4 is 15.0 Å². The van der Waals surface area contributed by atoms with Crippen LogP contribution in [0.5, 0.6) is 5.75 Å². The average molecular weight is 372 g/mol. The molecule has 0 spiro atoms. The molecule has 1 amide bonds. The molecule has 0 unspecified atom stereocenters. The number of anilines is 2. The van der Waals surface area contributed by atoms with Crippen LogP contribution in [0.25, 0.3) is 0 Å². The number of hydrogen-bond donors (Lipinski definition) is 1. The van der Waals surface area contributed by atoms with Crippen LogP contribution in [0.2, 0.25) is 0 Å². The van der Waals surface area contributed by atoms with Crippen LogP contribution in [0.4, 0.5) is 11.4 Å². The minimum Gasteiger partial charge on any atom is -0.497 e. The Labute approximate surface area is 159 Å². The molecule has 138 valence electrons. The van der Waals surface area contributed by atoms with Crippen molar-refractivity contribution in [2.45, 2.75) is 4.90 Å². The number of rotatable bonds is 6. The van der Waals surface area contributed by atoms with Crippen molar-refractivity contribution in [3.05, 3.63) is 48.5 Å². The van der Waals surface area contributed by atoms with Crippen LogP contribution in [0.3, 0.4) is 0 Å². The van der Waals surface area contributed by atoms with Gasteiger partial charge < -0.3 is 15.0 Å². The van der Waals surface area contributed by atoms with E-state index in [0.717, 1.165) is 42.5 Å². The number of carbonyl (C=O) groups is 1. The summed E-state index contributed by atoms with van der Waals surface area (Å²) in [5, 5.41) is 3.04. The number of para-hydroxylation sites is 1. The standard InChI is InChI=1S/C20H25N3O2S/c1-25-17-7-5-6-16(14-17)23-12-10-22(11-13-23)15-20(24)21-18-8-3-4-9-19(18)26-2/h3-9,14H,10-13,15H2,1-2H3,(H,21,24). The zero-order chi connectivity index (χ0) is 18.4. The first kappa shape index (κ1) is 18.6. The van der Waals surface area contributed by atoms with Crippen molar-refractivity contribution < 1.29 is 9.53 Å². The Morgan fingerprint density at radius 2 is 1.88 bits per heavy atom. The predicted octanol–water partition coefficient (Wildman–Crippen LogP) is 3.18. The monoisotopic (exact) mass is 371 g/mol. The lowest BCUT2D eigenvalue weighted by Gasteiger charge is -2.35. The third-order valence-corrected chi connectivity index (χ3v) is 5.33. The molecule has 1 N–H and O–H groups in total. The van der Waals surface area contributed by atoms with E-state index in [9.17, 15) is 4.79 Å². The van der Waals surface area contributed by atoms with Crippen LogP contribution in [0, 0.1) is 0 Å². The Kier molecular flexibility index (Phi) is 6.41. The van der Waals surface area contributed by atoms with Gasteiger partial charge in [0.05, 0.1) is 19.3 Å². The first-order chi connectivity index (χ1) is 12.7. The number of amides is 1. The highest BCUT2D eigenvalue weighted by atomic mass is 32.2. The number of benzene rings is 2. The zero-order valence-corrected chi connectivity index (χ0v) is 16.1. The maximum atomic E-state index is 12.4. The zero-order valence-electron chi connectivity index (χ0n) is 15.3. The van der Waals surface area contributed by atoms with Gasteiger partial charge in [-0.15, -0.1) is 11.8 Å². The van der Waals surface area contributed by atoms with Gasteiger partial charge in [0.25, 0.3) is 0 Å². The molecule has 3 rings (SSSR count). The topological polar surface area (TPSA) is 44.8 Å². The average Bonchev–Trinajstić information content (AvgIpc) is 2.69. The molecule has 0 aromatic heterocycles. The van der Waals surface area contributed by atoms with Gasteiger partial charge in [0.2, 0.25) is 5.91 Å². The van der Waals surface area contributed by atoms with Crippen LogP contribution in [0.1, 0.15) is 0 Å². The van der Waals surface area contributed by atoms with E-state index in [4.69, 9.17) is 4.74 Å². The van der Waals surface area contributed by atoms with Crippen molar-refractivity contribution in [3.8, 4) is 5.75 Å². The lowest BCUT2D eigenvalue weighted by molar-refractivity contribution is -0.117. The Balaban J connectivity index is 1.51. The fourth-order valence-corrected chi connectivity index (χ4v) is 3.67. The molecule has 1 fully saturated rings. The number of carbonyl (C=O) groups excluding carboxylic acids is 1. The van der Waals surface area contributed by atoms with Crippen LogP contribution in [-0.2, 0) is 4.79 Å². The molecule has 0 atom stereocenters. The number of nitrogens with one attached hydrogen (secondary N) is 1. The molecule has 0 aliphatic carbocycles. The van der Waals surface area contributed by atoms with Gasteiger partial charge in [-0.2, -0.15) is 0 Å². The van der Waals surface area contributed by atoms with Crippen molar-refractivity contribution in [3.63, 3.8) is 0 Å². The van der Waals surface area contributed by atoms with Gasteiger partial charge in [0.1, 0.15) is 5.75 Å². The highest BCUT2D eigenvalue weighted by Crippen LogP contribution is 2.25. The van der Waals surface area contributed by atoms with E-state index in [-0.39, 0.29) is 5.91 Å². The van der Waals surface area contributed by atoms with Crippen molar-refractivity contribution >= 4 is 29.0 Å². The number of hydrogen-bond acceptors (Lipinski definition) is 5. The van der Waals surface area contributed by atoms with Gasteiger partial charge in [-0.25, -0.2) is 0 Å². The smallest absolute Gasteiger partial charge is 0.238 e. The molecule has 0 bridgehead atoms. The van der Waals surface area contributed by atoms with E-state index in [1.54, 1.807) is 18.9 Å². The molecule has 1 saturated heterocycles. The molecule has 1 aliphatic rings. The summed E-state index contributed by atoms with van der Waals surface area (Å²) in [5.41, 5.74) is 2.06. The number of ether oxygens (including phenoxy) is 1. The van der Waals surface area contributed by atoms with E-state index in [2.05, 4.69) is 27.2 Å². The molecule has 5 nitrogen and oxygen atoms in total. The number of methoxy groups -OCH3 is 1. The SMILES string of the molecule is COc1cccc(N2CCN(CC(=O)Nc3ccccc3SC)CC2)c1. The summed E-state index contributed by atoms with van der Waals surface area (Å²) >= 11 is 1.64. The van der Waals surface area contributed by atoms with Crippen molar-refractivity contribution in [1.82, 2.24) is 4.90 Å². The minimum absolute atomic E-state index is 0.0429. The summed E-state index contributed by atoms with van der Waals surface area (Å²) in [7, 11) is 1.69. The van der Waals surface area contributed by atoms with E-state index >= 15 is 0 Å². The summed E-state index contributed by atoms with van der Waals surface area (Å²) in [6, 6.07) is 16.0. The van der Waals surface area contributed by atoms with Gasteiger partial charge in [-0.05, 0) is 30.5 Å². The molecule has 26 heavy (non-hydrogen) atoms. The van der Waals surface area contributed by atoms with Crippen molar-refractivity contribution in [1.29, 1.82) is 0 Å². The Morgan fingerprint density at radius 3 is 2.62 bits per heavy atom. The first-order valence-corrected chi connectivity index (χ1v) is 9.96. The summed E-state index contributed by atoms with van der Waals surface area (Å²) in [5.74, 6) is 0.915. The summed E-state index contributed by atoms with van der Waals surface area (Å²) in [6.07, 6.45) is 2.02. The van der Waals surface area contributed by atoms with Gasteiger partial charge in [-0.3, -0.25) is 9.69 Å². The number of piperazine rings is 1. The predicted molar refractivity (Wildman–Crippen MR) is 108 cm³/mol. The minimum atomic E-state index is 0.0429. The second-order valence-corrected chi connectivity index (χ2v) is 7.06. The quantitative estimate of drug-likeness (QED) is 0.790. The van der Waals surface area contributed by atoms with Crippen molar-refractivity contribution in [2.24, 2.45) is 0 Å². The Morgan fingerprint density at radius 1 is 1.12 bits per heavy atom. The van der Waals surface area contributed by atoms with E-state index < -0.39 is 0 Å². The summed E-state index contributed by atoms with van der Waals surface area (Å²) in [4.78, 5) is 18.0. The van der Waals surface area contributed by atoms with E-state index in [0.29, 0.717) is 6.54 Å². The molecule has 1 aliphatic heterocycles. The normalized spacial score (nSPS) is 14.9. The molecular weight excluding hydrogens is 346 g/mol. The van der Waals surface area contributed by atoms with Crippen molar-refractivity contribution in [2.75, 3.05) is 56.3 Å². The molecule has 2 aromatic rings. The number of nitrogens with zero attached hydrogens (tertiary/aromatic N) is 2. The third kappa shape index (κ3) is 4.71. The summed E-state index contributed by atoms with van der Waals surface area (Å²) in [6.45, 7) is 3.97. The second-order valence-electron chi connectivity index (χ2n) is 6.21. The number of thioether (sulfide) groups is 1. The maximum absolute atomic E-state index is 12.4. The lowest BCUT2D eigenvalue weighted by Crippen LogP contribution is -2.48. The first-order valence-electron chi connectivity index (χ1n) is 8.74. The molecule has 0 radical (unpaired) electrons. The highest BCUT2D eigenvalue weighted by Gasteiger charge is 2.19. The Hall–Kier alpha value is -2.18. The van der Waals surface area contributed by atoms with Gasteiger partial charge >= 0.3 is 0 Å². The largest absolute Gasteiger partial charge is 0.497 e. The van der Waals surface area contributed by atoms with E-state index in [1.807, 2.05) is 42.7 Å². The molecular formula is C20H25N3O2S. The second kappa shape index (κ2) is 8.96. The molecule has 6 heteroatoms. The molecule has 2 aromatic carbocycles.